The second kappa shape index (κ2) is 2.18. The van der Waals surface area contributed by atoms with Gasteiger partial charge in [0.15, 0.2) is 1.41 Å². The molecule has 0 atom stereocenters. The third-order valence-corrected chi connectivity index (χ3v) is 0.583. The molecule has 0 fully saturated rings. The molecule has 0 amide bonds. The maximum Gasteiger partial charge on any atom is 0.165 e. The first-order valence-electron chi connectivity index (χ1n) is 2.48. The van der Waals surface area contributed by atoms with Gasteiger partial charge in [-0.1, -0.05) is 0 Å². The van der Waals surface area contributed by atoms with Gasteiger partial charge in [0, 0.05) is 24.8 Å². The molecule has 0 aromatic carbocycles. The molecule has 1 aliphatic rings. The van der Waals surface area contributed by atoms with Gasteiger partial charge in [-0.3, -0.25) is 4.99 Å². The van der Waals surface area contributed by atoms with E-state index in [1.165, 1.54) is 5.31 Å². The highest BCUT2D eigenvalue weighted by molar-refractivity contribution is 5.71. The quantitative estimate of drug-likeness (QED) is 0.469. The second-order valence-electron chi connectivity index (χ2n) is 1.09. The Kier molecular flexibility index (Phi) is 0.941. The molecule has 0 saturated heterocycles. The molecule has 1 rings (SSSR count). The van der Waals surface area contributed by atoms with E-state index in [2.05, 4.69) is 4.99 Å². The summed E-state index contributed by atoms with van der Waals surface area (Å²) in [5.41, 5.74) is 0. The van der Waals surface area contributed by atoms with Crippen LogP contribution in [0.15, 0.2) is 29.7 Å². The average molecular weight is 95.1 g/mol. The number of rotatable bonds is 0. The van der Waals surface area contributed by atoms with E-state index < -0.39 is 0 Å². The molecule has 1 N–H and O–H groups in total. The van der Waals surface area contributed by atoms with Gasteiger partial charge < -0.3 is 5.31 Å². The Morgan fingerprint density at radius 3 is 3.57 bits per heavy atom. The Bertz CT molecular complexity index is 133. The van der Waals surface area contributed by atoms with Crippen LogP contribution < -0.4 is 5.31 Å². The lowest BCUT2D eigenvalue weighted by Crippen LogP contribution is -1.87. The van der Waals surface area contributed by atoms with Crippen molar-refractivity contribution in [2.24, 2.45) is 4.99 Å². The number of nitrogens with zero attached hydrogens (tertiary/aromatic N) is 1. The highest BCUT2D eigenvalue weighted by atomic mass is 14.8. The van der Waals surface area contributed by atoms with Crippen LogP contribution in [0, 0.1) is 0 Å². The molecular weight excluding hydrogens is 88.1 g/mol. The summed E-state index contributed by atoms with van der Waals surface area (Å²) < 4.78 is 6.99. The van der Waals surface area contributed by atoms with Crippen LogP contribution in [0.25, 0.3) is 0 Å². The van der Waals surface area contributed by atoms with Crippen LogP contribution in [0.4, 0.5) is 0 Å². The molecule has 0 aromatic rings. The summed E-state index contributed by atoms with van der Waals surface area (Å²) in [6.07, 6.45) is 8.05. The van der Waals surface area contributed by atoms with Crippen molar-refractivity contribution in [3.8, 4) is 0 Å². The summed E-state index contributed by atoms with van der Waals surface area (Å²) in [6.45, 7) is 0. The minimum absolute atomic E-state index is 1.19. The maximum atomic E-state index is 6.99. The van der Waals surface area contributed by atoms with Crippen LogP contribution in [-0.2, 0) is 0 Å². The van der Waals surface area contributed by atoms with Crippen LogP contribution in [0.1, 0.15) is 0 Å². The van der Waals surface area contributed by atoms with E-state index >= 15 is 0 Å². The molecule has 36 valence electrons. The first-order chi connectivity index (χ1) is 3.89. The van der Waals surface area contributed by atoms with Crippen molar-refractivity contribution in [2.45, 2.75) is 0 Å². The molecule has 2 heteroatoms. The predicted molar refractivity (Wildman–Crippen MR) is 29.9 cm³/mol. The van der Waals surface area contributed by atoms with Crippen LogP contribution in [-0.4, -0.2) is 6.21 Å². The summed E-state index contributed by atoms with van der Waals surface area (Å²) in [4.78, 5) is 3.77. The van der Waals surface area contributed by atoms with Crippen molar-refractivity contribution in [1.29, 1.82) is 0 Å². The summed E-state index contributed by atoms with van der Waals surface area (Å²) >= 11 is 0. The van der Waals surface area contributed by atoms with Gasteiger partial charge in [0.25, 0.3) is 0 Å². The zero-order chi connectivity index (χ0) is 5.82. The third-order valence-electron chi connectivity index (χ3n) is 0.583. The number of hydrogen-bond acceptors (Lipinski definition) is 2. The largest absolute Gasteiger partial charge is 0.366 e. The fraction of sp³-hybridized carbons (Fsp3) is 0. The molecule has 0 aromatic heterocycles. The van der Waals surface area contributed by atoms with Gasteiger partial charge in [0.1, 0.15) is 0 Å². The summed E-state index contributed by atoms with van der Waals surface area (Å²) in [7, 11) is 0. The van der Waals surface area contributed by atoms with E-state index in [9.17, 15) is 0 Å². The molecular formula is C5H6N2. The lowest BCUT2D eigenvalue weighted by molar-refractivity contribution is 1.19. The van der Waals surface area contributed by atoms with E-state index in [1.807, 2.05) is 0 Å². The van der Waals surface area contributed by atoms with Crippen molar-refractivity contribution in [2.75, 3.05) is 0 Å². The van der Waals surface area contributed by atoms with Crippen LogP contribution in [0.5, 0.6) is 0 Å². The van der Waals surface area contributed by atoms with E-state index in [0.29, 0.717) is 0 Å². The Balaban J connectivity index is 2.66. The molecule has 2 nitrogen and oxygen atoms in total. The first-order valence-corrected chi connectivity index (χ1v) is 2.03. The van der Waals surface area contributed by atoms with Gasteiger partial charge in [-0.15, -0.1) is 0 Å². The van der Waals surface area contributed by atoms with Gasteiger partial charge in [-0.05, 0) is 6.08 Å². The minimum Gasteiger partial charge on any atom is -0.366 e. The molecule has 0 bridgehead atoms. The zero-order valence-electron chi connectivity index (χ0n) is 4.78. The minimum atomic E-state index is 1.19. The SMILES string of the molecule is [2H]N1C=CC=NC=C1. The fourth-order valence-electron chi connectivity index (χ4n) is 0.314. The second-order valence-corrected chi connectivity index (χ2v) is 1.09. The maximum absolute atomic E-state index is 6.99. The number of allylic oxidation sites excluding steroid dienone is 1. The molecule has 7 heavy (non-hydrogen) atoms. The molecule has 0 spiro atoms. The predicted octanol–water partition coefficient (Wildman–Crippen LogP) is 0.645. The number of nitrogens with one attached hydrogen (secondary N) is 1. The first kappa shape index (κ1) is 3.02. The third kappa shape index (κ3) is 1.22. The zero-order valence-corrected chi connectivity index (χ0v) is 3.78. The summed E-state index contributed by atoms with van der Waals surface area (Å²) in [5.74, 6) is 0. The van der Waals surface area contributed by atoms with Gasteiger partial charge in [-0.2, -0.15) is 0 Å². The van der Waals surface area contributed by atoms with Crippen molar-refractivity contribution in [3.63, 3.8) is 0 Å². The van der Waals surface area contributed by atoms with E-state index in [-0.39, 0.29) is 0 Å². The average Bonchev–Trinajstić information content (AvgIpc) is 1.94. The Morgan fingerprint density at radius 1 is 1.57 bits per heavy atom. The topological polar surface area (TPSA) is 24.4 Å². The van der Waals surface area contributed by atoms with Crippen LogP contribution in [0.3, 0.4) is 0 Å². The molecule has 0 saturated carbocycles. The van der Waals surface area contributed by atoms with E-state index in [1.54, 1.807) is 30.9 Å². The molecule has 1 aliphatic heterocycles. The fourth-order valence-corrected chi connectivity index (χ4v) is 0.314. The number of hydrogen-bond donors (Lipinski definition) is 1. The van der Waals surface area contributed by atoms with Crippen molar-refractivity contribution in [1.82, 2.24) is 5.31 Å². The van der Waals surface area contributed by atoms with Gasteiger partial charge in [-0.25, -0.2) is 0 Å². The van der Waals surface area contributed by atoms with Crippen molar-refractivity contribution >= 4 is 6.21 Å². The standard InChI is InChI=1S/C5H6N2/c1-2-6-4-5-7-3-1/h1-6H/i/hD. The lowest BCUT2D eigenvalue weighted by Gasteiger charge is -1.78. The van der Waals surface area contributed by atoms with Gasteiger partial charge in [0.05, 0.1) is 0 Å². The Labute approximate surface area is 43.7 Å². The monoisotopic (exact) mass is 95.1 g/mol. The van der Waals surface area contributed by atoms with Crippen molar-refractivity contribution in [3.05, 3.63) is 24.7 Å². The molecule has 0 radical (unpaired) electrons. The lowest BCUT2D eigenvalue weighted by atomic mass is 10.7. The highest BCUT2D eigenvalue weighted by Crippen LogP contribution is 1.75. The molecule has 0 unspecified atom stereocenters. The van der Waals surface area contributed by atoms with Crippen LogP contribution >= 0.6 is 0 Å². The summed E-state index contributed by atoms with van der Waals surface area (Å²) in [6, 6.07) is 0. The number of aliphatic imine (C=N–C) groups is 1. The Morgan fingerprint density at radius 2 is 2.57 bits per heavy atom. The van der Waals surface area contributed by atoms with E-state index in [4.69, 9.17) is 1.41 Å². The van der Waals surface area contributed by atoms with Crippen LogP contribution in [0.2, 0.25) is 1.41 Å². The normalized spacial score (nSPS) is 19.4. The van der Waals surface area contributed by atoms with E-state index in [0.717, 1.165) is 0 Å². The van der Waals surface area contributed by atoms with Crippen molar-refractivity contribution < 1.29 is 1.41 Å². The summed E-state index contributed by atoms with van der Waals surface area (Å²) in [5, 5.41) is 1.19. The Hall–Kier alpha value is -1.05. The highest BCUT2D eigenvalue weighted by Gasteiger charge is 1.68. The van der Waals surface area contributed by atoms with Gasteiger partial charge >= 0.3 is 0 Å². The molecule has 1 heterocycles. The molecule has 0 aliphatic carbocycles. The smallest absolute Gasteiger partial charge is 0.165 e. The van der Waals surface area contributed by atoms with Gasteiger partial charge in [0.2, 0.25) is 0 Å².